The average molecular weight is 399 g/mol. The van der Waals surface area contributed by atoms with Crippen LogP contribution in [0.25, 0.3) is 0 Å². The molecule has 156 valence electrons. The van der Waals surface area contributed by atoms with Crippen LogP contribution in [-0.4, -0.2) is 72.1 Å². The van der Waals surface area contributed by atoms with Gasteiger partial charge in [-0.05, 0) is 52.0 Å². The number of hydrogen-bond acceptors (Lipinski definition) is 6. The van der Waals surface area contributed by atoms with Crippen molar-refractivity contribution in [1.82, 2.24) is 19.7 Å². The summed E-state index contributed by atoms with van der Waals surface area (Å²) in [6.45, 7) is 7.14. The highest BCUT2D eigenvalue weighted by molar-refractivity contribution is 5.99. The molecule has 9 heteroatoms. The number of piperidine rings is 1. The maximum Gasteiger partial charge on any atom is 0.323 e. The molecule has 0 radical (unpaired) electrons. The summed E-state index contributed by atoms with van der Waals surface area (Å²) in [5.41, 5.74) is 2.17. The van der Waals surface area contributed by atoms with E-state index >= 15 is 0 Å². The summed E-state index contributed by atoms with van der Waals surface area (Å²) in [4.78, 5) is 21.6. The first-order valence-electron chi connectivity index (χ1n) is 10.2. The summed E-state index contributed by atoms with van der Waals surface area (Å²) in [6, 6.07) is 3.93. The number of pyridine rings is 1. The lowest BCUT2D eigenvalue weighted by molar-refractivity contribution is 0.122. The first-order valence-corrected chi connectivity index (χ1v) is 10.2. The monoisotopic (exact) mass is 399 g/mol. The number of urea groups is 1. The predicted octanol–water partition coefficient (Wildman–Crippen LogP) is 2.33. The average Bonchev–Trinajstić information content (AvgIpc) is 3.19. The second-order valence-electron chi connectivity index (χ2n) is 7.72. The van der Waals surface area contributed by atoms with Gasteiger partial charge in [-0.3, -0.25) is 4.68 Å². The highest BCUT2D eigenvalue weighted by Crippen LogP contribution is 2.23. The van der Waals surface area contributed by atoms with Gasteiger partial charge in [0, 0.05) is 19.3 Å². The molecule has 2 aliphatic rings. The molecule has 0 saturated carbocycles. The van der Waals surface area contributed by atoms with Gasteiger partial charge in [0.2, 0.25) is 0 Å². The van der Waals surface area contributed by atoms with Crippen LogP contribution in [0.5, 0.6) is 0 Å². The number of aryl methyl sites for hydroxylation is 1. The molecule has 2 amide bonds. The normalized spacial score (nSPS) is 18.6. The number of likely N-dealkylation sites (tertiary alicyclic amines) is 1. The molecule has 2 N–H and O–H groups in total. The largest absolute Gasteiger partial charge is 0.378 e. The van der Waals surface area contributed by atoms with Crippen molar-refractivity contribution in [3.05, 3.63) is 30.2 Å². The lowest BCUT2D eigenvalue weighted by Crippen LogP contribution is -2.36. The van der Waals surface area contributed by atoms with E-state index < -0.39 is 0 Å². The van der Waals surface area contributed by atoms with E-state index in [2.05, 4.69) is 37.6 Å². The van der Waals surface area contributed by atoms with Crippen molar-refractivity contribution >= 4 is 23.2 Å². The van der Waals surface area contributed by atoms with Gasteiger partial charge in [-0.2, -0.15) is 5.10 Å². The molecule has 0 aliphatic carbocycles. The number of morpholine rings is 1. The minimum Gasteiger partial charge on any atom is -0.378 e. The molecule has 2 aliphatic heterocycles. The Morgan fingerprint density at radius 1 is 1.14 bits per heavy atom. The Labute approximate surface area is 171 Å². The zero-order chi connectivity index (χ0) is 20.2. The lowest BCUT2D eigenvalue weighted by atomic mass is 10.1. The Kier molecular flexibility index (Phi) is 5.96. The van der Waals surface area contributed by atoms with Crippen molar-refractivity contribution in [1.29, 1.82) is 0 Å². The van der Waals surface area contributed by atoms with E-state index in [9.17, 15) is 4.79 Å². The van der Waals surface area contributed by atoms with E-state index in [0.29, 0.717) is 30.6 Å². The van der Waals surface area contributed by atoms with Crippen molar-refractivity contribution in [2.75, 3.05) is 62.0 Å². The topological polar surface area (TPSA) is 87.5 Å². The molecule has 2 fully saturated rings. The van der Waals surface area contributed by atoms with Gasteiger partial charge in [-0.1, -0.05) is 0 Å². The van der Waals surface area contributed by atoms with Gasteiger partial charge in [-0.15, -0.1) is 0 Å². The number of nitrogens with zero attached hydrogens (tertiary/aromatic N) is 5. The van der Waals surface area contributed by atoms with Gasteiger partial charge in [0.25, 0.3) is 0 Å². The Morgan fingerprint density at radius 2 is 1.90 bits per heavy atom. The van der Waals surface area contributed by atoms with Crippen LogP contribution >= 0.6 is 0 Å². The molecule has 29 heavy (non-hydrogen) atoms. The number of anilines is 3. The third-order valence-corrected chi connectivity index (χ3v) is 5.58. The summed E-state index contributed by atoms with van der Waals surface area (Å²) >= 11 is 0. The minimum atomic E-state index is -0.294. The van der Waals surface area contributed by atoms with Crippen LogP contribution in [0.15, 0.2) is 24.5 Å². The van der Waals surface area contributed by atoms with Crippen LogP contribution in [0, 0.1) is 6.92 Å². The summed E-state index contributed by atoms with van der Waals surface area (Å²) in [5.74, 6) is 0.913. The van der Waals surface area contributed by atoms with Gasteiger partial charge in [0.05, 0.1) is 42.5 Å². The van der Waals surface area contributed by atoms with E-state index in [1.165, 1.54) is 0 Å². The quantitative estimate of drug-likeness (QED) is 0.821. The molecule has 2 saturated heterocycles. The molecule has 0 spiro atoms. The molecule has 0 unspecified atom stereocenters. The number of rotatable bonds is 4. The second-order valence-corrected chi connectivity index (χ2v) is 7.72. The van der Waals surface area contributed by atoms with Crippen LogP contribution in [0.2, 0.25) is 0 Å². The predicted molar refractivity (Wildman–Crippen MR) is 113 cm³/mol. The summed E-state index contributed by atoms with van der Waals surface area (Å²) in [6.07, 6.45) is 5.75. The SMILES string of the molecule is Cc1nc(N2CCOCC2)ccc1NC(=O)Nc1cnn(C2CCN(C)CC2)c1. The van der Waals surface area contributed by atoms with Crippen molar-refractivity contribution in [2.24, 2.45) is 0 Å². The standard InChI is InChI=1S/C20H29N7O2/c1-15-18(3-4-19(22-15)26-9-11-29-12-10-26)24-20(28)23-16-13-21-27(14-16)17-5-7-25(2)8-6-17/h3-4,13-14,17H,5-12H2,1-2H3,(H2,23,24,28). The van der Waals surface area contributed by atoms with Crippen molar-refractivity contribution in [2.45, 2.75) is 25.8 Å². The molecule has 4 heterocycles. The third-order valence-electron chi connectivity index (χ3n) is 5.58. The van der Waals surface area contributed by atoms with E-state index in [0.717, 1.165) is 50.5 Å². The summed E-state index contributed by atoms with van der Waals surface area (Å²) < 4.78 is 7.35. The van der Waals surface area contributed by atoms with Gasteiger partial charge in [-0.25, -0.2) is 9.78 Å². The number of nitrogens with one attached hydrogen (secondary N) is 2. The van der Waals surface area contributed by atoms with Gasteiger partial charge >= 0.3 is 6.03 Å². The van der Waals surface area contributed by atoms with Crippen LogP contribution in [0.4, 0.5) is 22.0 Å². The fourth-order valence-corrected chi connectivity index (χ4v) is 3.79. The maximum absolute atomic E-state index is 12.4. The van der Waals surface area contributed by atoms with Crippen LogP contribution in [-0.2, 0) is 4.74 Å². The first kappa shape index (κ1) is 19.7. The van der Waals surface area contributed by atoms with Crippen LogP contribution in [0.1, 0.15) is 24.6 Å². The molecule has 2 aromatic heterocycles. The third kappa shape index (κ3) is 4.86. The number of ether oxygens (including phenoxy) is 1. The Bertz CT molecular complexity index is 839. The zero-order valence-corrected chi connectivity index (χ0v) is 17.1. The summed E-state index contributed by atoms with van der Waals surface area (Å²) in [5, 5.41) is 10.2. The van der Waals surface area contributed by atoms with Gasteiger partial charge in [0.15, 0.2) is 0 Å². The molecule has 4 rings (SSSR count). The Hall–Kier alpha value is -2.65. The minimum absolute atomic E-state index is 0.294. The molecule has 0 bridgehead atoms. The van der Waals surface area contributed by atoms with Crippen LogP contribution < -0.4 is 15.5 Å². The number of amides is 2. The fourth-order valence-electron chi connectivity index (χ4n) is 3.79. The highest BCUT2D eigenvalue weighted by Gasteiger charge is 2.19. The smallest absolute Gasteiger partial charge is 0.323 e. The Balaban J connectivity index is 1.34. The van der Waals surface area contributed by atoms with E-state index in [1.807, 2.05) is 29.9 Å². The van der Waals surface area contributed by atoms with E-state index in [4.69, 9.17) is 4.74 Å². The fraction of sp³-hybridized carbons (Fsp3) is 0.550. The van der Waals surface area contributed by atoms with E-state index in [1.54, 1.807) is 6.20 Å². The molecule has 2 aromatic rings. The number of aromatic nitrogens is 3. The highest BCUT2D eigenvalue weighted by atomic mass is 16.5. The number of carbonyl (C=O) groups excluding carboxylic acids is 1. The van der Waals surface area contributed by atoms with Crippen molar-refractivity contribution in [3.8, 4) is 0 Å². The zero-order valence-electron chi connectivity index (χ0n) is 17.1. The van der Waals surface area contributed by atoms with Crippen molar-refractivity contribution in [3.63, 3.8) is 0 Å². The number of carbonyl (C=O) groups is 1. The Morgan fingerprint density at radius 3 is 2.62 bits per heavy atom. The summed E-state index contributed by atoms with van der Waals surface area (Å²) in [7, 11) is 2.14. The molecule has 9 nitrogen and oxygen atoms in total. The van der Waals surface area contributed by atoms with Gasteiger partial charge < -0.3 is 25.2 Å². The molecule has 0 atom stereocenters. The van der Waals surface area contributed by atoms with Crippen molar-refractivity contribution < 1.29 is 9.53 Å². The van der Waals surface area contributed by atoms with Gasteiger partial charge in [0.1, 0.15) is 5.82 Å². The molecular formula is C20H29N7O2. The molecular weight excluding hydrogens is 370 g/mol. The number of hydrogen-bond donors (Lipinski definition) is 2. The lowest BCUT2D eigenvalue weighted by Gasteiger charge is -2.28. The second kappa shape index (κ2) is 8.79. The van der Waals surface area contributed by atoms with Crippen LogP contribution in [0.3, 0.4) is 0 Å². The van der Waals surface area contributed by atoms with E-state index in [-0.39, 0.29) is 6.03 Å². The first-order chi connectivity index (χ1) is 14.1. The molecule has 0 aromatic carbocycles. The maximum atomic E-state index is 12.4.